The third kappa shape index (κ3) is 1.76. The van der Waals surface area contributed by atoms with E-state index in [1.54, 1.807) is 0 Å². The molecule has 4 aliphatic rings. The number of aryl methyl sites for hydroxylation is 1. The van der Waals surface area contributed by atoms with Gasteiger partial charge in [0, 0.05) is 0 Å². The molecule has 5 rings (SSSR count). The lowest BCUT2D eigenvalue weighted by atomic mass is 9.54. The molecular formula is C15H24N4. The maximum absolute atomic E-state index is 6.10. The molecule has 4 nitrogen and oxygen atoms in total. The number of rotatable bonds is 2. The van der Waals surface area contributed by atoms with Crippen LogP contribution >= 0.6 is 0 Å². The second-order valence-electron chi connectivity index (χ2n) is 7.17. The molecule has 0 amide bonds. The lowest BCUT2D eigenvalue weighted by Crippen LogP contribution is -2.46. The van der Waals surface area contributed by atoms with Crippen LogP contribution in [0, 0.1) is 30.6 Å². The molecule has 4 heteroatoms. The molecule has 0 spiro atoms. The molecule has 4 bridgehead atoms. The van der Waals surface area contributed by atoms with Gasteiger partial charge in [0.2, 0.25) is 0 Å². The Kier molecular flexibility index (Phi) is 2.53. The minimum Gasteiger partial charge on any atom is -0.322 e. The van der Waals surface area contributed by atoms with Crippen molar-refractivity contribution in [1.82, 2.24) is 14.8 Å². The third-order valence-electron chi connectivity index (χ3n) is 5.63. The molecular weight excluding hydrogens is 236 g/mol. The summed E-state index contributed by atoms with van der Waals surface area (Å²) >= 11 is 0. The number of hydrogen-bond donors (Lipinski definition) is 1. The molecule has 1 heterocycles. The fraction of sp³-hybridized carbons (Fsp3) is 0.867. The molecule has 0 aliphatic heterocycles. The Labute approximate surface area is 114 Å². The van der Waals surface area contributed by atoms with Crippen LogP contribution in [0.25, 0.3) is 0 Å². The van der Waals surface area contributed by atoms with Gasteiger partial charge < -0.3 is 5.73 Å². The summed E-state index contributed by atoms with van der Waals surface area (Å²) in [4.78, 5) is 4.57. The van der Waals surface area contributed by atoms with E-state index in [-0.39, 0.29) is 6.04 Å². The summed E-state index contributed by atoms with van der Waals surface area (Å²) in [6.07, 6.45) is 7.14. The quantitative estimate of drug-likeness (QED) is 0.889. The van der Waals surface area contributed by atoms with Crippen LogP contribution < -0.4 is 5.73 Å². The van der Waals surface area contributed by atoms with E-state index in [1.807, 2.05) is 13.8 Å². The second-order valence-corrected chi connectivity index (χ2v) is 7.17. The predicted octanol–water partition coefficient (Wildman–Crippen LogP) is 2.60. The van der Waals surface area contributed by atoms with Crippen LogP contribution in [-0.4, -0.2) is 14.8 Å². The van der Waals surface area contributed by atoms with Gasteiger partial charge in [0.1, 0.15) is 11.6 Å². The van der Waals surface area contributed by atoms with Crippen LogP contribution in [0.3, 0.4) is 0 Å². The highest BCUT2D eigenvalue weighted by Crippen LogP contribution is 2.58. The zero-order valence-electron chi connectivity index (χ0n) is 11.9. The Morgan fingerprint density at radius 3 is 2.21 bits per heavy atom. The minimum atomic E-state index is -0.0154. The van der Waals surface area contributed by atoms with Crippen molar-refractivity contribution in [2.75, 3.05) is 0 Å². The molecule has 0 radical (unpaired) electrons. The SMILES string of the molecule is Cc1nc(C(C)N)n(C2C3CC4CC(C3)CC2C4)n1. The van der Waals surface area contributed by atoms with Gasteiger partial charge in [-0.25, -0.2) is 9.67 Å². The first-order chi connectivity index (χ1) is 9.11. The highest BCUT2D eigenvalue weighted by atomic mass is 15.4. The molecule has 1 unspecified atom stereocenters. The molecule has 0 saturated heterocycles. The zero-order valence-corrected chi connectivity index (χ0v) is 11.9. The first-order valence-electron chi connectivity index (χ1n) is 7.80. The van der Waals surface area contributed by atoms with Gasteiger partial charge in [0.25, 0.3) is 0 Å². The highest BCUT2D eigenvalue weighted by Gasteiger charge is 2.49. The van der Waals surface area contributed by atoms with Crippen LogP contribution in [0.4, 0.5) is 0 Å². The Morgan fingerprint density at radius 2 is 1.68 bits per heavy atom. The molecule has 1 aromatic heterocycles. The monoisotopic (exact) mass is 260 g/mol. The first-order valence-corrected chi connectivity index (χ1v) is 7.80. The summed E-state index contributed by atoms with van der Waals surface area (Å²) < 4.78 is 2.22. The average molecular weight is 260 g/mol. The maximum Gasteiger partial charge on any atom is 0.147 e. The molecule has 4 aliphatic carbocycles. The Bertz CT molecular complexity index is 462. The van der Waals surface area contributed by atoms with Gasteiger partial charge in [-0.15, -0.1) is 0 Å². The molecule has 4 fully saturated rings. The number of nitrogens with two attached hydrogens (primary N) is 1. The van der Waals surface area contributed by atoms with Gasteiger partial charge in [-0.05, 0) is 69.6 Å². The molecule has 1 atom stereocenters. The summed E-state index contributed by atoms with van der Waals surface area (Å²) in [5, 5.41) is 4.70. The van der Waals surface area contributed by atoms with Crippen molar-refractivity contribution in [1.29, 1.82) is 0 Å². The lowest BCUT2D eigenvalue weighted by Gasteiger charge is -2.54. The van der Waals surface area contributed by atoms with Gasteiger partial charge in [-0.2, -0.15) is 5.10 Å². The van der Waals surface area contributed by atoms with Crippen molar-refractivity contribution in [2.24, 2.45) is 29.4 Å². The Morgan fingerprint density at radius 1 is 1.11 bits per heavy atom. The Balaban J connectivity index is 1.72. The molecule has 1 aromatic rings. The lowest BCUT2D eigenvalue weighted by molar-refractivity contribution is -0.0351. The topological polar surface area (TPSA) is 56.7 Å². The maximum atomic E-state index is 6.10. The third-order valence-corrected chi connectivity index (χ3v) is 5.63. The van der Waals surface area contributed by atoms with E-state index in [1.165, 1.54) is 32.1 Å². The molecule has 2 N–H and O–H groups in total. The number of aromatic nitrogens is 3. The van der Waals surface area contributed by atoms with E-state index < -0.39 is 0 Å². The van der Waals surface area contributed by atoms with Crippen LogP contribution in [0.5, 0.6) is 0 Å². The van der Waals surface area contributed by atoms with Gasteiger partial charge in [-0.1, -0.05) is 0 Å². The second kappa shape index (κ2) is 4.05. The van der Waals surface area contributed by atoms with Gasteiger partial charge in [0.05, 0.1) is 12.1 Å². The van der Waals surface area contributed by atoms with E-state index in [0.717, 1.165) is 35.3 Å². The first kappa shape index (κ1) is 11.9. The summed E-state index contributed by atoms with van der Waals surface area (Å²) in [6.45, 7) is 4.01. The van der Waals surface area contributed by atoms with E-state index in [9.17, 15) is 0 Å². The molecule has 4 saturated carbocycles. The van der Waals surface area contributed by atoms with E-state index >= 15 is 0 Å². The molecule has 104 valence electrons. The summed E-state index contributed by atoms with van der Waals surface area (Å²) in [7, 11) is 0. The van der Waals surface area contributed by atoms with Crippen LogP contribution in [0.2, 0.25) is 0 Å². The smallest absolute Gasteiger partial charge is 0.147 e. The van der Waals surface area contributed by atoms with Crippen LogP contribution in [0.15, 0.2) is 0 Å². The molecule has 19 heavy (non-hydrogen) atoms. The number of hydrogen-bond acceptors (Lipinski definition) is 3. The standard InChI is InChI=1S/C15H24N4/c1-8(16)15-17-9(2)18-19(15)14-12-4-10-3-11(6-12)7-13(14)5-10/h8,10-14H,3-7,16H2,1-2H3. The number of nitrogens with zero attached hydrogens (tertiary/aromatic N) is 3. The fourth-order valence-electron chi connectivity index (χ4n) is 5.27. The van der Waals surface area contributed by atoms with Crippen molar-refractivity contribution < 1.29 is 0 Å². The van der Waals surface area contributed by atoms with Crippen molar-refractivity contribution in [3.63, 3.8) is 0 Å². The predicted molar refractivity (Wildman–Crippen MR) is 73.4 cm³/mol. The Hall–Kier alpha value is -0.900. The largest absolute Gasteiger partial charge is 0.322 e. The van der Waals surface area contributed by atoms with E-state index in [4.69, 9.17) is 10.8 Å². The van der Waals surface area contributed by atoms with Crippen molar-refractivity contribution in [3.8, 4) is 0 Å². The highest BCUT2D eigenvalue weighted by molar-refractivity contribution is 5.05. The van der Waals surface area contributed by atoms with Crippen molar-refractivity contribution in [3.05, 3.63) is 11.6 Å². The summed E-state index contributed by atoms with van der Waals surface area (Å²) in [5.74, 6) is 5.53. The zero-order chi connectivity index (χ0) is 13.1. The average Bonchev–Trinajstić information content (AvgIpc) is 2.70. The normalized spacial score (nSPS) is 41.7. The summed E-state index contributed by atoms with van der Waals surface area (Å²) in [5.41, 5.74) is 6.10. The summed E-state index contributed by atoms with van der Waals surface area (Å²) in [6, 6.07) is 0.563. The van der Waals surface area contributed by atoms with Gasteiger partial charge in [-0.3, -0.25) is 0 Å². The van der Waals surface area contributed by atoms with Crippen molar-refractivity contribution >= 4 is 0 Å². The van der Waals surface area contributed by atoms with Crippen LogP contribution in [-0.2, 0) is 0 Å². The van der Waals surface area contributed by atoms with Gasteiger partial charge >= 0.3 is 0 Å². The van der Waals surface area contributed by atoms with Gasteiger partial charge in [0.15, 0.2) is 0 Å². The molecule has 0 aromatic carbocycles. The van der Waals surface area contributed by atoms with Crippen molar-refractivity contribution in [2.45, 2.75) is 58.0 Å². The minimum absolute atomic E-state index is 0.0154. The van der Waals surface area contributed by atoms with Crippen LogP contribution in [0.1, 0.15) is 62.8 Å². The van der Waals surface area contributed by atoms with E-state index in [0.29, 0.717) is 6.04 Å². The van der Waals surface area contributed by atoms with E-state index in [2.05, 4.69) is 9.67 Å². The fourth-order valence-corrected chi connectivity index (χ4v) is 5.27.